The van der Waals surface area contributed by atoms with Gasteiger partial charge in [-0.2, -0.15) is 0 Å². The van der Waals surface area contributed by atoms with Crippen molar-refractivity contribution in [2.75, 3.05) is 13.1 Å². The predicted molar refractivity (Wildman–Crippen MR) is 87.7 cm³/mol. The Balaban J connectivity index is 1.81. The quantitative estimate of drug-likeness (QED) is 0.923. The zero-order chi connectivity index (χ0) is 16.4. The summed E-state index contributed by atoms with van der Waals surface area (Å²) in [5, 5.41) is 9.50. The molecule has 1 saturated heterocycles. The largest absolute Gasteiger partial charge is 0.393 e. The SMILES string of the molecule is Cc1ccc(-c2ccc(C(=O)N3CCC(O)CC3)c(F)c2)cc1. The van der Waals surface area contributed by atoms with Gasteiger partial charge in [0.25, 0.3) is 5.91 Å². The van der Waals surface area contributed by atoms with Crippen LogP contribution in [0.25, 0.3) is 11.1 Å². The second-order valence-electron chi connectivity index (χ2n) is 6.08. The summed E-state index contributed by atoms with van der Waals surface area (Å²) < 4.78 is 14.4. The summed E-state index contributed by atoms with van der Waals surface area (Å²) in [6, 6.07) is 12.6. The van der Waals surface area contributed by atoms with Crippen LogP contribution in [0.5, 0.6) is 0 Å². The maximum Gasteiger partial charge on any atom is 0.256 e. The Labute approximate surface area is 135 Å². The minimum absolute atomic E-state index is 0.0947. The van der Waals surface area contributed by atoms with Crippen LogP contribution in [0.15, 0.2) is 42.5 Å². The fourth-order valence-electron chi connectivity index (χ4n) is 2.85. The Morgan fingerprint density at radius 2 is 1.70 bits per heavy atom. The summed E-state index contributed by atoms with van der Waals surface area (Å²) in [4.78, 5) is 14.0. The number of aryl methyl sites for hydroxylation is 1. The van der Waals surface area contributed by atoms with Crippen LogP contribution >= 0.6 is 0 Å². The fraction of sp³-hybridized carbons (Fsp3) is 0.316. The summed E-state index contributed by atoms with van der Waals surface area (Å²) in [5.74, 6) is -0.802. The number of rotatable bonds is 2. The lowest BCUT2D eigenvalue weighted by atomic mass is 10.0. The van der Waals surface area contributed by atoms with Crippen LogP contribution in [0.3, 0.4) is 0 Å². The molecular weight excluding hydrogens is 293 g/mol. The van der Waals surface area contributed by atoms with Crippen molar-refractivity contribution >= 4 is 5.91 Å². The highest BCUT2D eigenvalue weighted by Crippen LogP contribution is 2.24. The van der Waals surface area contributed by atoms with Gasteiger partial charge in [-0.1, -0.05) is 35.9 Å². The molecule has 0 bridgehead atoms. The van der Waals surface area contributed by atoms with Gasteiger partial charge in [0.15, 0.2) is 0 Å². The highest BCUT2D eigenvalue weighted by molar-refractivity contribution is 5.95. The average Bonchev–Trinajstić information content (AvgIpc) is 2.55. The second kappa shape index (κ2) is 6.50. The minimum Gasteiger partial charge on any atom is -0.393 e. The van der Waals surface area contributed by atoms with Crippen LogP contribution in [0.2, 0.25) is 0 Å². The molecular formula is C19H20FNO2. The van der Waals surface area contributed by atoms with Crippen LogP contribution in [0.4, 0.5) is 4.39 Å². The number of hydrogen-bond acceptors (Lipinski definition) is 2. The van der Waals surface area contributed by atoms with Crippen LogP contribution < -0.4 is 0 Å². The molecule has 1 N–H and O–H groups in total. The first-order valence-corrected chi connectivity index (χ1v) is 7.88. The molecule has 4 heteroatoms. The average molecular weight is 313 g/mol. The Hall–Kier alpha value is -2.20. The van der Waals surface area contributed by atoms with Gasteiger partial charge >= 0.3 is 0 Å². The third kappa shape index (κ3) is 3.42. The Kier molecular flexibility index (Phi) is 4.44. The lowest BCUT2D eigenvalue weighted by Gasteiger charge is -2.29. The maximum absolute atomic E-state index is 14.4. The van der Waals surface area contributed by atoms with Crippen molar-refractivity contribution in [3.63, 3.8) is 0 Å². The second-order valence-corrected chi connectivity index (χ2v) is 6.08. The first kappa shape index (κ1) is 15.7. The lowest BCUT2D eigenvalue weighted by molar-refractivity contribution is 0.0543. The molecule has 1 aliphatic rings. The first-order valence-electron chi connectivity index (χ1n) is 7.88. The molecule has 120 valence electrons. The van der Waals surface area contributed by atoms with Crippen molar-refractivity contribution in [3.8, 4) is 11.1 Å². The normalized spacial score (nSPS) is 15.7. The highest BCUT2D eigenvalue weighted by atomic mass is 19.1. The van der Waals surface area contributed by atoms with E-state index in [9.17, 15) is 14.3 Å². The van der Waals surface area contributed by atoms with Crippen LogP contribution in [0, 0.1) is 12.7 Å². The van der Waals surface area contributed by atoms with E-state index in [0.717, 1.165) is 16.7 Å². The van der Waals surface area contributed by atoms with Crippen LogP contribution in [0.1, 0.15) is 28.8 Å². The number of aliphatic hydroxyl groups excluding tert-OH is 1. The van der Waals surface area contributed by atoms with E-state index in [0.29, 0.717) is 25.9 Å². The first-order chi connectivity index (χ1) is 11.0. The third-order valence-electron chi connectivity index (χ3n) is 4.34. The van der Waals surface area contributed by atoms with Crippen LogP contribution in [-0.2, 0) is 0 Å². The minimum atomic E-state index is -0.501. The van der Waals surface area contributed by atoms with Gasteiger partial charge in [-0.25, -0.2) is 4.39 Å². The molecule has 3 rings (SSSR count). The molecule has 0 atom stereocenters. The van der Waals surface area contributed by atoms with Gasteiger partial charge in [0.1, 0.15) is 5.82 Å². The van der Waals surface area contributed by atoms with Crippen molar-refractivity contribution < 1.29 is 14.3 Å². The number of hydrogen-bond donors (Lipinski definition) is 1. The maximum atomic E-state index is 14.4. The van der Waals surface area contributed by atoms with Gasteiger partial charge in [-0.05, 0) is 43.0 Å². The summed E-state index contributed by atoms with van der Waals surface area (Å²) in [7, 11) is 0. The molecule has 23 heavy (non-hydrogen) atoms. The molecule has 0 radical (unpaired) electrons. The van der Waals surface area contributed by atoms with Gasteiger partial charge in [-0.15, -0.1) is 0 Å². The molecule has 1 fully saturated rings. The number of benzene rings is 2. The highest BCUT2D eigenvalue weighted by Gasteiger charge is 2.24. The summed E-state index contributed by atoms with van der Waals surface area (Å²) in [5.41, 5.74) is 2.92. The van der Waals surface area contributed by atoms with E-state index >= 15 is 0 Å². The van der Waals surface area contributed by atoms with E-state index in [2.05, 4.69) is 0 Å². The van der Waals surface area contributed by atoms with Gasteiger partial charge in [-0.3, -0.25) is 4.79 Å². The van der Waals surface area contributed by atoms with E-state index in [1.54, 1.807) is 17.0 Å². The van der Waals surface area contributed by atoms with E-state index < -0.39 is 5.82 Å². The van der Waals surface area contributed by atoms with Crippen LogP contribution in [-0.4, -0.2) is 35.1 Å². The van der Waals surface area contributed by atoms with Gasteiger partial charge in [0, 0.05) is 13.1 Å². The molecule has 0 unspecified atom stereocenters. The monoisotopic (exact) mass is 313 g/mol. The summed E-state index contributed by atoms with van der Waals surface area (Å²) >= 11 is 0. The molecule has 0 aromatic heterocycles. The van der Waals surface area contributed by atoms with Crippen molar-refractivity contribution in [1.82, 2.24) is 4.90 Å². The molecule has 0 saturated carbocycles. The Morgan fingerprint density at radius 3 is 2.30 bits per heavy atom. The molecule has 0 spiro atoms. The predicted octanol–water partition coefficient (Wildman–Crippen LogP) is 3.40. The topological polar surface area (TPSA) is 40.5 Å². The Bertz CT molecular complexity index is 704. The zero-order valence-electron chi connectivity index (χ0n) is 13.1. The number of carbonyl (C=O) groups excluding carboxylic acids is 1. The fourth-order valence-corrected chi connectivity index (χ4v) is 2.85. The molecule has 0 aliphatic carbocycles. The third-order valence-corrected chi connectivity index (χ3v) is 4.34. The number of aliphatic hydroxyl groups is 1. The standard InChI is InChI=1S/C19H20FNO2/c1-13-2-4-14(5-3-13)15-6-7-17(18(20)12-15)19(23)21-10-8-16(22)9-11-21/h2-7,12,16,22H,8-11H2,1H3. The smallest absolute Gasteiger partial charge is 0.256 e. The van der Waals surface area contributed by atoms with E-state index in [4.69, 9.17) is 0 Å². The van der Waals surface area contributed by atoms with Gasteiger partial charge in [0.05, 0.1) is 11.7 Å². The molecule has 1 amide bonds. The van der Waals surface area contributed by atoms with E-state index in [-0.39, 0.29) is 17.6 Å². The van der Waals surface area contributed by atoms with Crippen molar-refractivity contribution in [1.29, 1.82) is 0 Å². The number of halogens is 1. The van der Waals surface area contributed by atoms with Crippen molar-refractivity contribution in [2.45, 2.75) is 25.9 Å². The molecule has 1 aliphatic heterocycles. The van der Waals surface area contributed by atoms with Crippen molar-refractivity contribution in [3.05, 3.63) is 59.4 Å². The summed E-state index contributed by atoms with van der Waals surface area (Å²) in [6.07, 6.45) is 0.747. The summed E-state index contributed by atoms with van der Waals surface area (Å²) in [6.45, 7) is 2.94. The number of carbonyl (C=O) groups is 1. The van der Waals surface area contributed by atoms with Gasteiger partial charge < -0.3 is 10.0 Å². The Morgan fingerprint density at radius 1 is 1.09 bits per heavy atom. The number of likely N-dealkylation sites (tertiary alicyclic amines) is 1. The van der Waals surface area contributed by atoms with E-state index in [1.165, 1.54) is 6.07 Å². The number of amides is 1. The number of piperidine rings is 1. The zero-order valence-corrected chi connectivity index (χ0v) is 13.1. The molecule has 3 nitrogen and oxygen atoms in total. The molecule has 1 heterocycles. The van der Waals surface area contributed by atoms with Crippen molar-refractivity contribution in [2.24, 2.45) is 0 Å². The molecule has 2 aromatic rings. The number of nitrogens with zero attached hydrogens (tertiary/aromatic N) is 1. The van der Waals surface area contributed by atoms with Gasteiger partial charge in [0.2, 0.25) is 0 Å². The lowest BCUT2D eigenvalue weighted by Crippen LogP contribution is -2.40. The van der Waals surface area contributed by atoms with E-state index in [1.807, 2.05) is 31.2 Å². The molecule has 2 aromatic carbocycles.